The lowest BCUT2D eigenvalue weighted by atomic mass is 10.1. The molecule has 0 aliphatic carbocycles. The number of carbonyl (C=O) groups excluding carboxylic acids is 2. The van der Waals surface area contributed by atoms with E-state index in [2.05, 4.69) is 10.3 Å². The van der Waals surface area contributed by atoms with Gasteiger partial charge in [0.2, 0.25) is 0 Å². The zero-order valence-electron chi connectivity index (χ0n) is 14.2. The monoisotopic (exact) mass is 352 g/mol. The lowest BCUT2D eigenvalue weighted by Crippen LogP contribution is -2.31. The van der Waals surface area contributed by atoms with Crippen LogP contribution in [0.5, 0.6) is 5.75 Å². The van der Waals surface area contributed by atoms with Crippen molar-refractivity contribution >= 4 is 22.8 Å². The van der Waals surface area contributed by atoms with Crippen molar-refractivity contribution in [1.82, 2.24) is 10.3 Å². The molecule has 0 aliphatic rings. The van der Waals surface area contributed by atoms with Crippen molar-refractivity contribution in [3.8, 4) is 5.75 Å². The maximum Gasteiger partial charge on any atom is 0.344 e. The molecule has 1 heterocycles. The number of amides is 1. The number of nitrogens with one attached hydrogen (secondary N) is 2. The molecule has 0 aliphatic heterocycles. The Balaban J connectivity index is 1.34. The third-order valence-corrected chi connectivity index (χ3v) is 3.86. The standard InChI is InChI=1S/C20H20N2O4/c23-19(13-26-20(24)14-25-16-6-2-1-3-7-16)21-11-10-15-12-22-18-9-5-4-8-17(15)18/h1-9,12,22H,10-11,13-14H2,(H,21,23). The quantitative estimate of drug-likeness (QED) is 0.610. The summed E-state index contributed by atoms with van der Waals surface area (Å²) in [7, 11) is 0. The predicted octanol–water partition coefficient (Wildman–Crippen LogP) is 2.45. The van der Waals surface area contributed by atoms with E-state index in [-0.39, 0.29) is 19.1 Å². The normalized spacial score (nSPS) is 10.5. The average molecular weight is 352 g/mol. The van der Waals surface area contributed by atoms with Crippen molar-refractivity contribution in [2.75, 3.05) is 19.8 Å². The second-order valence-corrected chi connectivity index (χ2v) is 5.72. The second-order valence-electron chi connectivity index (χ2n) is 5.72. The Kier molecular flexibility index (Phi) is 5.88. The van der Waals surface area contributed by atoms with Gasteiger partial charge in [-0.05, 0) is 30.2 Å². The maximum atomic E-state index is 11.8. The number of para-hydroxylation sites is 2. The fraction of sp³-hybridized carbons (Fsp3) is 0.200. The topological polar surface area (TPSA) is 80.4 Å². The summed E-state index contributed by atoms with van der Waals surface area (Å²) >= 11 is 0. The van der Waals surface area contributed by atoms with Crippen LogP contribution in [0.15, 0.2) is 60.8 Å². The fourth-order valence-electron chi connectivity index (χ4n) is 2.57. The van der Waals surface area contributed by atoms with Crippen LogP contribution in [0.2, 0.25) is 0 Å². The first-order valence-electron chi connectivity index (χ1n) is 8.37. The largest absolute Gasteiger partial charge is 0.482 e. The number of esters is 1. The number of benzene rings is 2. The summed E-state index contributed by atoms with van der Waals surface area (Å²) < 4.78 is 10.2. The smallest absolute Gasteiger partial charge is 0.344 e. The summed E-state index contributed by atoms with van der Waals surface area (Å²) in [6, 6.07) is 17.0. The number of aromatic nitrogens is 1. The third kappa shape index (κ3) is 4.86. The van der Waals surface area contributed by atoms with Crippen LogP contribution < -0.4 is 10.1 Å². The van der Waals surface area contributed by atoms with Gasteiger partial charge in [0.1, 0.15) is 5.75 Å². The van der Waals surface area contributed by atoms with E-state index in [4.69, 9.17) is 9.47 Å². The van der Waals surface area contributed by atoms with Gasteiger partial charge in [-0.25, -0.2) is 4.79 Å². The van der Waals surface area contributed by atoms with Crippen LogP contribution in [-0.4, -0.2) is 36.6 Å². The van der Waals surface area contributed by atoms with Crippen LogP contribution in [0.25, 0.3) is 10.9 Å². The third-order valence-electron chi connectivity index (χ3n) is 3.86. The van der Waals surface area contributed by atoms with Gasteiger partial charge < -0.3 is 19.8 Å². The van der Waals surface area contributed by atoms with Crippen molar-refractivity contribution in [2.45, 2.75) is 6.42 Å². The van der Waals surface area contributed by atoms with Crippen LogP contribution in [0.4, 0.5) is 0 Å². The first-order valence-corrected chi connectivity index (χ1v) is 8.37. The highest BCUT2D eigenvalue weighted by atomic mass is 16.6. The average Bonchev–Trinajstić information content (AvgIpc) is 3.09. The van der Waals surface area contributed by atoms with Crippen molar-refractivity contribution in [3.05, 3.63) is 66.4 Å². The molecule has 26 heavy (non-hydrogen) atoms. The molecule has 0 saturated carbocycles. The number of carbonyl (C=O) groups is 2. The highest BCUT2D eigenvalue weighted by molar-refractivity contribution is 5.83. The van der Waals surface area contributed by atoms with Crippen molar-refractivity contribution in [3.63, 3.8) is 0 Å². The Morgan fingerprint density at radius 3 is 2.58 bits per heavy atom. The Morgan fingerprint density at radius 1 is 0.962 bits per heavy atom. The minimum absolute atomic E-state index is 0.230. The molecule has 0 spiro atoms. The molecule has 0 fully saturated rings. The Bertz CT molecular complexity index is 874. The van der Waals surface area contributed by atoms with Crippen LogP contribution in [0.3, 0.4) is 0 Å². The highest BCUT2D eigenvalue weighted by Gasteiger charge is 2.09. The van der Waals surface area contributed by atoms with Gasteiger partial charge in [-0.3, -0.25) is 4.79 Å². The van der Waals surface area contributed by atoms with Crippen molar-refractivity contribution < 1.29 is 19.1 Å². The number of hydrogen-bond donors (Lipinski definition) is 2. The Hall–Kier alpha value is -3.28. The van der Waals surface area contributed by atoms with E-state index < -0.39 is 5.97 Å². The number of rotatable bonds is 8. The van der Waals surface area contributed by atoms with Gasteiger partial charge in [0.25, 0.3) is 5.91 Å². The van der Waals surface area contributed by atoms with E-state index in [1.807, 2.05) is 48.7 Å². The molecule has 0 unspecified atom stereocenters. The summed E-state index contributed by atoms with van der Waals surface area (Å²) in [6.07, 6.45) is 2.64. The van der Waals surface area contributed by atoms with Gasteiger partial charge in [0.05, 0.1) is 0 Å². The molecule has 0 radical (unpaired) electrons. The van der Waals surface area contributed by atoms with Gasteiger partial charge in [-0.15, -0.1) is 0 Å². The van der Waals surface area contributed by atoms with Crippen LogP contribution >= 0.6 is 0 Å². The highest BCUT2D eigenvalue weighted by Crippen LogP contribution is 2.17. The van der Waals surface area contributed by atoms with Crippen LogP contribution in [0.1, 0.15) is 5.56 Å². The van der Waals surface area contributed by atoms with Crippen LogP contribution in [0, 0.1) is 0 Å². The van der Waals surface area contributed by atoms with Gasteiger partial charge in [0.15, 0.2) is 13.2 Å². The Labute approximate surface area is 151 Å². The van der Waals surface area contributed by atoms with Crippen molar-refractivity contribution in [1.29, 1.82) is 0 Å². The van der Waals surface area contributed by atoms with Gasteiger partial charge in [0, 0.05) is 23.6 Å². The molecule has 3 aromatic rings. The summed E-state index contributed by atoms with van der Waals surface area (Å²) in [6.45, 7) is -0.0732. The summed E-state index contributed by atoms with van der Waals surface area (Å²) in [5.74, 6) is -0.342. The molecule has 1 aromatic heterocycles. The zero-order chi connectivity index (χ0) is 18.2. The van der Waals surface area contributed by atoms with Gasteiger partial charge >= 0.3 is 5.97 Å². The SMILES string of the molecule is O=C(COC(=O)COc1ccccc1)NCCc1c[nH]c2ccccc12. The Morgan fingerprint density at radius 2 is 1.73 bits per heavy atom. The first-order chi connectivity index (χ1) is 12.7. The molecular weight excluding hydrogens is 332 g/mol. The molecule has 3 rings (SSSR count). The number of fused-ring (bicyclic) bond motifs is 1. The molecular formula is C20H20N2O4. The lowest BCUT2D eigenvalue weighted by Gasteiger charge is -2.07. The van der Waals surface area contributed by atoms with E-state index in [9.17, 15) is 9.59 Å². The molecule has 0 bridgehead atoms. The van der Waals surface area contributed by atoms with E-state index in [0.717, 1.165) is 16.5 Å². The molecule has 0 saturated heterocycles. The maximum absolute atomic E-state index is 11.8. The number of ether oxygens (including phenoxy) is 2. The number of H-pyrrole nitrogens is 1. The molecule has 134 valence electrons. The van der Waals surface area contributed by atoms with E-state index in [1.165, 1.54) is 0 Å². The summed E-state index contributed by atoms with van der Waals surface area (Å²) in [5.41, 5.74) is 2.20. The molecule has 2 aromatic carbocycles. The molecule has 0 atom stereocenters. The molecule has 6 heteroatoms. The van der Waals surface area contributed by atoms with Crippen LogP contribution in [-0.2, 0) is 20.7 Å². The van der Waals surface area contributed by atoms with E-state index in [1.54, 1.807) is 12.1 Å². The number of hydrogen-bond acceptors (Lipinski definition) is 4. The first kappa shape index (κ1) is 17.5. The van der Waals surface area contributed by atoms with Gasteiger partial charge in [-0.1, -0.05) is 36.4 Å². The predicted molar refractivity (Wildman–Crippen MR) is 97.9 cm³/mol. The summed E-state index contributed by atoms with van der Waals surface area (Å²) in [4.78, 5) is 26.6. The van der Waals surface area contributed by atoms with Crippen molar-refractivity contribution in [2.24, 2.45) is 0 Å². The molecule has 2 N–H and O–H groups in total. The fourth-order valence-corrected chi connectivity index (χ4v) is 2.57. The molecule has 6 nitrogen and oxygen atoms in total. The van der Waals surface area contributed by atoms with Gasteiger partial charge in [-0.2, -0.15) is 0 Å². The zero-order valence-corrected chi connectivity index (χ0v) is 14.2. The minimum Gasteiger partial charge on any atom is -0.482 e. The number of aromatic amines is 1. The lowest BCUT2D eigenvalue weighted by molar-refractivity contribution is -0.150. The van der Waals surface area contributed by atoms with E-state index >= 15 is 0 Å². The second kappa shape index (κ2) is 8.71. The van der Waals surface area contributed by atoms with E-state index in [0.29, 0.717) is 18.7 Å². The molecule has 1 amide bonds. The summed E-state index contributed by atoms with van der Waals surface area (Å²) in [5, 5.41) is 3.89. The minimum atomic E-state index is -0.583.